The summed E-state index contributed by atoms with van der Waals surface area (Å²) in [6.07, 6.45) is 3.26. The molecule has 72 valence electrons. The second-order valence-corrected chi connectivity index (χ2v) is 4.03. The quantitative estimate of drug-likeness (QED) is 0.576. The van der Waals surface area contributed by atoms with Crippen LogP contribution in [0.25, 0.3) is 0 Å². The van der Waals surface area contributed by atoms with E-state index in [0.29, 0.717) is 6.47 Å². The molecular formula is C10H20O2. The highest BCUT2D eigenvalue weighted by Gasteiger charge is 2.18. The highest BCUT2D eigenvalue weighted by molar-refractivity contribution is 5.38. The zero-order chi connectivity index (χ0) is 9.61. The lowest BCUT2D eigenvalue weighted by Crippen LogP contribution is -2.24. The van der Waals surface area contributed by atoms with Crippen LogP contribution in [-0.4, -0.2) is 12.1 Å². The van der Waals surface area contributed by atoms with Crippen molar-refractivity contribution in [2.24, 2.45) is 5.92 Å². The van der Waals surface area contributed by atoms with Gasteiger partial charge in [0.25, 0.3) is 6.47 Å². The Kier molecular flexibility index (Phi) is 4.95. The molecule has 0 N–H and O–H groups in total. The SMILES string of the molecule is CCC(C)CCC(C)(C)OC=O. The number of hydrogen-bond acceptors (Lipinski definition) is 2. The van der Waals surface area contributed by atoms with Gasteiger partial charge in [-0.1, -0.05) is 20.3 Å². The van der Waals surface area contributed by atoms with Gasteiger partial charge in [-0.25, -0.2) is 0 Å². The minimum atomic E-state index is -0.287. The average molecular weight is 172 g/mol. The van der Waals surface area contributed by atoms with E-state index in [1.165, 1.54) is 6.42 Å². The maximum atomic E-state index is 10.1. The summed E-state index contributed by atoms with van der Waals surface area (Å²) in [6.45, 7) is 8.83. The molecule has 0 aliphatic carbocycles. The Morgan fingerprint density at radius 2 is 2.08 bits per heavy atom. The number of ether oxygens (including phenoxy) is 1. The van der Waals surface area contributed by atoms with Crippen LogP contribution < -0.4 is 0 Å². The summed E-state index contributed by atoms with van der Waals surface area (Å²) in [6, 6.07) is 0. The van der Waals surface area contributed by atoms with Crippen molar-refractivity contribution in [3.8, 4) is 0 Å². The molecule has 0 aromatic carbocycles. The first-order valence-electron chi connectivity index (χ1n) is 4.63. The molecule has 0 radical (unpaired) electrons. The lowest BCUT2D eigenvalue weighted by Gasteiger charge is -2.23. The second kappa shape index (κ2) is 5.18. The predicted octanol–water partition coefficient (Wildman–Crippen LogP) is 2.76. The van der Waals surface area contributed by atoms with Gasteiger partial charge >= 0.3 is 0 Å². The molecule has 12 heavy (non-hydrogen) atoms. The Hall–Kier alpha value is -0.530. The lowest BCUT2D eigenvalue weighted by molar-refractivity contribution is -0.141. The van der Waals surface area contributed by atoms with E-state index in [1.807, 2.05) is 13.8 Å². The Morgan fingerprint density at radius 1 is 1.50 bits per heavy atom. The molecule has 1 atom stereocenters. The van der Waals surface area contributed by atoms with Gasteiger partial charge in [-0.15, -0.1) is 0 Å². The van der Waals surface area contributed by atoms with Gasteiger partial charge in [-0.3, -0.25) is 4.79 Å². The van der Waals surface area contributed by atoms with Crippen molar-refractivity contribution in [2.45, 2.75) is 52.6 Å². The minimum Gasteiger partial charge on any atom is -0.462 e. The molecule has 0 amide bonds. The van der Waals surface area contributed by atoms with Gasteiger partial charge in [0.05, 0.1) is 0 Å². The van der Waals surface area contributed by atoms with E-state index in [9.17, 15) is 4.79 Å². The van der Waals surface area contributed by atoms with Crippen molar-refractivity contribution in [3.63, 3.8) is 0 Å². The summed E-state index contributed by atoms with van der Waals surface area (Å²) in [5, 5.41) is 0. The van der Waals surface area contributed by atoms with E-state index in [-0.39, 0.29) is 5.60 Å². The minimum absolute atomic E-state index is 0.287. The first kappa shape index (κ1) is 11.5. The van der Waals surface area contributed by atoms with Gasteiger partial charge in [0.2, 0.25) is 0 Å². The molecule has 0 aliphatic heterocycles. The Labute approximate surface area is 75.3 Å². The highest BCUT2D eigenvalue weighted by Crippen LogP contribution is 2.20. The molecule has 2 nitrogen and oxygen atoms in total. The molecule has 2 heteroatoms. The van der Waals surface area contributed by atoms with E-state index in [0.717, 1.165) is 18.8 Å². The zero-order valence-electron chi connectivity index (χ0n) is 8.59. The molecule has 0 saturated heterocycles. The lowest BCUT2D eigenvalue weighted by atomic mass is 9.94. The van der Waals surface area contributed by atoms with Crippen LogP contribution in [0.4, 0.5) is 0 Å². The number of hydrogen-bond donors (Lipinski definition) is 0. The first-order chi connectivity index (χ1) is 5.52. The first-order valence-corrected chi connectivity index (χ1v) is 4.63. The van der Waals surface area contributed by atoms with Crippen molar-refractivity contribution in [1.82, 2.24) is 0 Å². The van der Waals surface area contributed by atoms with Crippen molar-refractivity contribution < 1.29 is 9.53 Å². The number of carbonyl (C=O) groups is 1. The van der Waals surface area contributed by atoms with Crippen molar-refractivity contribution in [2.75, 3.05) is 0 Å². The van der Waals surface area contributed by atoms with Gasteiger partial charge in [0.1, 0.15) is 5.60 Å². The highest BCUT2D eigenvalue weighted by atomic mass is 16.5. The van der Waals surface area contributed by atoms with Crippen LogP contribution in [0.15, 0.2) is 0 Å². The third kappa shape index (κ3) is 5.16. The van der Waals surface area contributed by atoms with E-state index in [4.69, 9.17) is 4.74 Å². The van der Waals surface area contributed by atoms with Crippen LogP contribution in [0, 0.1) is 5.92 Å². The van der Waals surface area contributed by atoms with E-state index >= 15 is 0 Å². The summed E-state index contributed by atoms with van der Waals surface area (Å²) < 4.78 is 4.94. The monoisotopic (exact) mass is 172 g/mol. The van der Waals surface area contributed by atoms with E-state index in [2.05, 4.69) is 13.8 Å². The van der Waals surface area contributed by atoms with Crippen LogP contribution in [0.5, 0.6) is 0 Å². The molecule has 0 rings (SSSR count). The Morgan fingerprint density at radius 3 is 2.50 bits per heavy atom. The van der Waals surface area contributed by atoms with E-state index < -0.39 is 0 Å². The van der Waals surface area contributed by atoms with Crippen molar-refractivity contribution in [3.05, 3.63) is 0 Å². The maximum absolute atomic E-state index is 10.1. The van der Waals surface area contributed by atoms with Crippen LogP contribution >= 0.6 is 0 Å². The van der Waals surface area contributed by atoms with Gasteiger partial charge in [0, 0.05) is 0 Å². The van der Waals surface area contributed by atoms with Crippen LogP contribution in [0.2, 0.25) is 0 Å². The third-order valence-electron chi connectivity index (χ3n) is 2.30. The topological polar surface area (TPSA) is 26.3 Å². The smallest absolute Gasteiger partial charge is 0.293 e. The predicted molar refractivity (Wildman–Crippen MR) is 49.9 cm³/mol. The Bertz CT molecular complexity index is 130. The molecular weight excluding hydrogens is 152 g/mol. The summed E-state index contributed by atoms with van der Waals surface area (Å²) in [4.78, 5) is 10.1. The fourth-order valence-corrected chi connectivity index (χ4v) is 0.987. The van der Waals surface area contributed by atoms with Crippen molar-refractivity contribution in [1.29, 1.82) is 0 Å². The molecule has 0 aromatic heterocycles. The molecule has 1 unspecified atom stereocenters. The fourth-order valence-electron chi connectivity index (χ4n) is 0.987. The summed E-state index contributed by atoms with van der Waals surface area (Å²) in [5.74, 6) is 0.722. The molecule has 0 bridgehead atoms. The fraction of sp³-hybridized carbons (Fsp3) is 0.900. The Balaban J connectivity index is 3.66. The second-order valence-electron chi connectivity index (χ2n) is 4.03. The molecule has 0 aliphatic rings. The summed E-state index contributed by atoms with van der Waals surface area (Å²) in [5.41, 5.74) is -0.287. The van der Waals surface area contributed by atoms with Crippen LogP contribution in [0.1, 0.15) is 47.0 Å². The van der Waals surface area contributed by atoms with E-state index in [1.54, 1.807) is 0 Å². The van der Waals surface area contributed by atoms with Crippen molar-refractivity contribution >= 4 is 6.47 Å². The van der Waals surface area contributed by atoms with Gasteiger partial charge in [-0.2, -0.15) is 0 Å². The summed E-state index contributed by atoms with van der Waals surface area (Å²) in [7, 11) is 0. The van der Waals surface area contributed by atoms with Gasteiger partial charge < -0.3 is 4.74 Å². The number of rotatable bonds is 6. The molecule has 0 saturated carbocycles. The molecule has 0 aromatic rings. The standard InChI is InChI=1S/C10H20O2/c1-5-9(2)6-7-10(3,4)12-8-11/h8-9H,5-7H2,1-4H3. The zero-order valence-corrected chi connectivity index (χ0v) is 8.59. The third-order valence-corrected chi connectivity index (χ3v) is 2.30. The largest absolute Gasteiger partial charge is 0.462 e. The normalized spacial score (nSPS) is 14.0. The van der Waals surface area contributed by atoms with Gasteiger partial charge in [-0.05, 0) is 32.6 Å². The molecule has 0 heterocycles. The molecule has 0 fully saturated rings. The average Bonchev–Trinajstić information content (AvgIpc) is 2.00. The van der Waals surface area contributed by atoms with Crippen LogP contribution in [0.3, 0.4) is 0 Å². The van der Waals surface area contributed by atoms with Gasteiger partial charge in [0.15, 0.2) is 0 Å². The number of carbonyl (C=O) groups excluding carboxylic acids is 1. The summed E-state index contributed by atoms with van der Waals surface area (Å²) >= 11 is 0. The maximum Gasteiger partial charge on any atom is 0.293 e. The van der Waals surface area contributed by atoms with Crippen LogP contribution in [-0.2, 0) is 9.53 Å². The molecule has 0 spiro atoms.